The zero-order valence-corrected chi connectivity index (χ0v) is 30.1. The molecule has 0 bridgehead atoms. The minimum Gasteiger partial charge on any atom is -0.0654 e. The second-order valence-electron chi connectivity index (χ2n) is 13.8. The molecule has 0 fully saturated rings. The van der Waals surface area contributed by atoms with Crippen LogP contribution in [-0.2, 0) is 0 Å². The third kappa shape index (κ3) is 28.5. The molecule has 0 atom stereocenters. The summed E-state index contributed by atoms with van der Waals surface area (Å²) in [5.41, 5.74) is 0. The molecule has 0 aromatic rings. The second kappa shape index (κ2) is 33.9. The van der Waals surface area contributed by atoms with Gasteiger partial charge in [-0.15, -0.1) is 0 Å². The van der Waals surface area contributed by atoms with Crippen LogP contribution in [0.4, 0.5) is 0 Å². The van der Waals surface area contributed by atoms with Crippen LogP contribution in [0.3, 0.4) is 0 Å². The highest BCUT2D eigenvalue weighted by Crippen LogP contribution is 2.61. The molecule has 0 spiro atoms. The first-order valence-corrected chi connectivity index (χ1v) is 22.1. The van der Waals surface area contributed by atoms with Crippen molar-refractivity contribution in [3.63, 3.8) is 0 Å². The molecule has 0 heterocycles. The van der Waals surface area contributed by atoms with Crippen LogP contribution >= 0.6 is 7.26 Å². The molecule has 0 rings (SSSR count). The largest absolute Gasteiger partial charge is 0.0654 e. The Bertz CT molecular complexity index is 384. The highest BCUT2D eigenvalue weighted by Gasteiger charge is 2.34. The minimum absolute atomic E-state index is 0.718. The van der Waals surface area contributed by atoms with Gasteiger partial charge in [-0.25, -0.2) is 0 Å². The van der Waals surface area contributed by atoms with E-state index in [2.05, 4.69) is 27.7 Å². The second-order valence-corrected chi connectivity index (χ2v) is 18.3. The fraction of sp³-hybridized carbons (Fsp3) is 1.00. The van der Waals surface area contributed by atoms with Crippen molar-refractivity contribution in [2.24, 2.45) is 0 Å². The summed E-state index contributed by atoms with van der Waals surface area (Å²) < 4.78 is 0. The molecule has 242 valence electrons. The number of hydrogen-bond acceptors (Lipinski definition) is 0. The number of rotatable bonds is 35. The molecule has 0 saturated carbocycles. The Kier molecular flexibility index (Phi) is 34.3. The molecular formula is C39H82P+. The molecule has 0 aromatic heterocycles. The van der Waals surface area contributed by atoms with Crippen LogP contribution in [0.5, 0.6) is 0 Å². The van der Waals surface area contributed by atoms with Crippen LogP contribution in [0.25, 0.3) is 0 Å². The quantitative estimate of drug-likeness (QED) is 0.0516. The van der Waals surface area contributed by atoms with Crippen molar-refractivity contribution >= 4 is 7.26 Å². The Morgan fingerprint density at radius 2 is 0.400 bits per heavy atom. The van der Waals surface area contributed by atoms with E-state index in [-0.39, 0.29) is 0 Å². The SMILES string of the molecule is CCCCCCCCCCCC[P+](CCC)(CCCCCCCCCCCC)CCCCCCCCCCCC. The van der Waals surface area contributed by atoms with Gasteiger partial charge >= 0.3 is 0 Å². The highest BCUT2D eigenvalue weighted by molar-refractivity contribution is 7.75. The Balaban J connectivity index is 4.36. The Hall–Kier alpha value is 0.430. The Morgan fingerprint density at radius 3 is 0.600 bits per heavy atom. The van der Waals surface area contributed by atoms with Crippen molar-refractivity contribution in [3.8, 4) is 0 Å². The van der Waals surface area contributed by atoms with Gasteiger partial charge in [-0.2, -0.15) is 0 Å². The maximum Gasteiger partial charge on any atom is 0.0594 e. The van der Waals surface area contributed by atoms with Crippen LogP contribution in [0.1, 0.15) is 227 Å². The van der Waals surface area contributed by atoms with E-state index >= 15 is 0 Å². The van der Waals surface area contributed by atoms with Gasteiger partial charge in [-0.1, -0.05) is 182 Å². The molecule has 0 amide bonds. The number of unbranched alkanes of at least 4 members (excludes halogenated alkanes) is 27. The molecule has 0 N–H and O–H groups in total. The predicted octanol–water partition coefficient (Wildman–Crippen LogP) is 15.2. The average molecular weight is 582 g/mol. The first kappa shape index (κ1) is 40.4. The summed E-state index contributed by atoms with van der Waals surface area (Å²) in [6.45, 7) is 9.47. The fourth-order valence-corrected chi connectivity index (χ4v) is 11.9. The monoisotopic (exact) mass is 582 g/mol. The van der Waals surface area contributed by atoms with Crippen molar-refractivity contribution < 1.29 is 0 Å². The van der Waals surface area contributed by atoms with E-state index in [1.54, 1.807) is 43.9 Å². The normalized spacial score (nSPS) is 12.0. The molecule has 1 heteroatoms. The number of hydrogen-bond donors (Lipinski definition) is 0. The molecular weight excluding hydrogens is 499 g/mol. The first-order chi connectivity index (χ1) is 19.7. The van der Waals surface area contributed by atoms with E-state index < -0.39 is 7.26 Å². The summed E-state index contributed by atoms with van der Waals surface area (Å²) >= 11 is 0. The van der Waals surface area contributed by atoms with Crippen LogP contribution in [0.15, 0.2) is 0 Å². The standard InChI is InChI=1S/C39H82P/c1-5-9-12-15-18-21-24-27-30-33-37-40(36-8-4,38-34-31-28-25-22-19-16-13-10-6-2)39-35-32-29-26-23-20-17-14-11-7-3/h5-39H2,1-4H3/q+1. The zero-order valence-electron chi connectivity index (χ0n) is 29.2. The molecule has 0 aliphatic heterocycles. The lowest BCUT2D eigenvalue weighted by atomic mass is 10.1. The first-order valence-electron chi connectivity index (χ1n) is 19.6. The van der Waals surface area contributed by atoms with Gasteiger partial charge in [0.05, 0.1) is 24.6 Å². The lowest BCUT2D eigenvalue weighted by molar-refractivity contribution is 0.559. The molecule has 0 saturated heterocycles. The molecule has 0 unspecified atom stereocenters. The lowest BCUT2D eigenvalue weighted by Crippen LogP contribution is -2.13. The molecule has 0 radical (unpaired) electrons. The van der Waals surface area contributed by atoms with Gasteiger partial charge in [0.15, 0.2) is 0 Å². The summed E-state index contributed by atoms with van der Waals surface area (Å²) in [5.74, 6) is 0. The van der Waals surface area contributed by atoms with E-state index in [0.29, 0.717) is 0 Å². The van der Waals surface area contributed by atoms with E-state index in [1.807, 2.05) is 0 Å². The van der Waals surface area contributed by atoms with Crippen molar-refractivity contribution in [2.75, 3.05) is 24.6 Å². The lowest BCUT2D eigenvalue weighted by Gasteiger charge is -2.28. The topological polar surface area (TPSA) is 0 Å². The van der Waals surface area contributed by atoms with E-state index in [4.69, 9.17) is 0 Å². The van der Waals surface area contributed by atoms with E-state index in [1.165, 1.54) is 180 Å². The molecule has 0 nitrogen and oxygen atoms in total. The van der Waals surface area contributed by atoms with Crippen molar-refractivity contribution in [1.29, 1.82) is 0 Å². The van der Waals surface area contributed by atoms with Crippen molar-refractivity contribution in [2.45, 2.75) is 227 Å². The maximum absolute atomic E-state index is 2.49. The van der Waals surface area contributed by atoms with Gasteiger partial charge in [0.1, 0.15) is 0 Å². The third-order valence-corrected chi connectivity index (χ3v) is 14.8. The Morgan fingerprint density at radius 1 is 0.200 bits per heavy atom. The van der Waals surface area contributed by atoms with Gasteiger partial charge in [0.25, 0.3) is 0 Å². The van der Waals surface area contributed by atoms with Crippen LogP contribution in [0, 0.1) is 0 Å². The summed E-state index contributed by atoms with van der Waals surface area (Å²) in [5, 5.41) is 0. The summed E-state index contributed by atoms with van der Waals surface area (Å²) in [7, 11) is -0.718. The predicted molar refractivity (Wildman–Crippen MR) is 192 cm³/mol. The summed E-state index contributed by atoms with van der Waals surface area (Å²) in [6.07, 6.45) is 52.6. The van der Waals surface area contributed by atoms with Gasteiger partial charge < -0.3 is 0 Å². The fourth-order valence-electron chi connectivity index (χ4n) is 6.95. The van der Waals surface area contributed by atoms with Gasteiger partial charge in [-0.3, -0.25) is 0 Å². The van der Waals surface area contributed by atoms with Crippen molar-refractivity contribution in [1.82, 2.24) is 0 Å². The summed E-state index contributed by atoms with van der Waals surface area (Å²) in [6, 6.07) is 0. The summed E-state index contributed by atoms with van der Waals surface area (Å²) in [4.78, 5) is 0. The zero-order chi connectivity index (χ0) is 29.2. The molecule has 0 aromatic carbocycles. The molecule has 0 aliphatic rings. The van der Waals surface area contributed by atoms with Crippen LogP contribution in [0.2, 0.25) is 0 Å². The van der Waals surface area contributed by atoms with Crippen LogP contribution in [-0.4, -0.2) is 24.6 Å². The van der Waals surface area contributed by atoms with Gasteiger partial charge in [0.2, 0.25) is 0 Å². The molecule has 40 heavy (non-hydrogen) atoms. The van der Waals surface area contributed by atoms with Gasteiger partial charge in [-0.05, 0) is 44.9 Å². The highest BCUT2D eigenvalue weighted by atomic mass is 31.2. The van der Waals surface area contributed by atoms with E-state index in [0.717, 1.165) is 0 Å². The molecule has 0 aliphatic carbocycles. The minimum atomic E-state index is -0.718. The average Bonchev–Trinajstić information content (AvgIpc) is 2.96. The third-order valence-electron chi connectivity index (χ3n) is 9.66. The maximum atomic E-state index is 2.49. The Labute approximate surface area is 258 Å². The van der Waals surface area contributed by atoms with Gasteiger partial charge in [0, 0.05) is 7.26 Å². The van der Waals surface area contributed by atoms with E-state index in [9.17, 15) is 0 Å². The van der Waals surface area contributed by atoms with Crippen molar-refractivity contribution in [3.05, 3.63) is 0 Å². The smallest absolute Gasteiger partial charge is 0.0594 e. The van der Waals surface area contributed by atoms with Crippen LogP contribution < -0.4 is 0 Å².